The van der Waals surface area contributed by atoms with Gasteiger partial charge in [0.05, 0.1) is 5.75 Å². The van der Waals surface area contributed by atoms with Crippen LogP contribution in [0.2, 0.25) is 0 Å². The van der Waals surface area contributed by atoms with Crippen molar-refractivity contribution in [2.45, 2.75) is 43.8 Å². The van der Waals surface area contributed by atoms with Gasteiger partial charge in [0.25, 0.3) is 0 Å². The highest BCUT2D eigenvalue weighted by Gasteiger charge is 2.39. The molecule has 2 heterocycles. The highest BCUT2D eigenvalue weighted by molar-refractivity contribution is 7.92. The van der Waals surface area contributed by atoms with Crippen LogP contribution in [0.1, 0.15) is 38.5 Å². The van der Waals surface area contributed by atoms with Gasteiger partial charge in [-0.1, -0.05) is 6.42 Å². The number of sulfone groups is 1. The zero-order valence-electron chi connectivity index (χ0n) is 11.5. The Hall–Kier alpha value is -1.11. The van der Waals surface area contributed by atoms with Crippen LogP contribution in [0.15, 0.2) is 0 Å². The standard InChI is InChI=1S/C13H21NO5S/c15-12(16)5-4-10-6-7-14(9-10)13(17)11-3-1-2-8-20(11,18)19/h10-11H,1-9H2,(H,15,16). The third-order valence-electron chi connectivity index (χ3n) is 4.22. The van der Waals surface area contributed by atoms with Gasteiger partial charge < -0.3 is 10.0 Å². The van der Waals surface area contributed by atoms with Gasteiger partial charge in [0.1, 0.15) is 5.25 Å². The van der Waals surface area contributed by atoms with E-state index in [1.807, 2.05) is 0 Å². The van der Waals surface area contributed by atoms with E-state index in [1.165, 1.54) is 0 Å². The van der Waals surface area contributed by atoms with Gasteiger partial charge in [-0.05, 0) is 31.6 Å². The van der Waals surface area contributed by atoms with Gasteiger partial charge in [0.2, 0.25) is 5.91 Å². The Labute approximate surface area is 119 Å². The Balaban J connectivity index is 1.92. The summed E-state index contributed by atoms with van der Waals surface area (Å²) in [7, 11) is -3.29. The number of nitrogens with zero attached hydrogens (tertiary/aromatic N) is 1. The molecule has 0 aromatic rings. The summed E-state index contributed by atoms with van der Waals surface area (Å²) < 4.78 is 23.9. The largest absolute Gasteiger partial charge is 0.481 e. The summed E-state index contributed by atoms with van der Waals surface area (Å²) in [5.74, 6) is -0.812. The molecule has 114 valence electrons. The minimum atomic E-state index is -3.29. The molecule has 0 radical (unpaired) electrons. The molecule has 1 N–H and O–H groups in total. The van der Waals surface area contributed by atoms with Crippen molar-refractivity contribution in [1.82, 2.24) is 4.90 Å². The molecular formula is C13H21NO5S. The predicted molar refractivity (Wildman–Crippen MR) is 73.0 cm³/mol. The van der Waals surface area contributed by atoms with Gasteiger partial charge in [-0.3, -0.25) is 9.59 Å². The second-order valence-corrected chi connectivity index (χ2v) is 8.03. The molecule has 2 rings (SSSR count). The molecule has 2 saturated heterocycles. The van der Waals surface area contributed by atoms with E-state index in [-0.39, 0.29) is 24.0 Å². The van der Waals surface area contributed by atoms with Gasteiger partial charge in [0.15, 0.2) is 9.84 Å². The summed E-state index contributed by atoms with van der Waals surface area (Å²) in [6, 6.07) is 0. The Bertz CT molecular complexity index is 487. The van der Waals surface area contributed by atoms with Crippen molar-refractivity contribution in [3.05, 3.63) is 0 Å². The lowest BCUT2D eigenvalue weighted by molar-refractivity contribution is -0.137. The zero-order chi connectivity index (χ0) is 14.8. The Morgan fingerprint density at radius 1 is 1.20 bits per heavy atom. The molecule has 0 spiro atoms. The molecule has 0 aromatic carbocycles. The number of carboxylic acid groups (broad SMARTS) is 1. The second-order valence-electron chi connectivity index (χ2n) is 5.72. The lowest BCUT2D eigenvalue weighted by Gasteiger charge is -2.26. The molecule has 0 bridgehead atoms. The topological polar surface area (TPSA) is 91.8 Å². The summed E-state index contributed by atoms with van der Waals surface area (Å²) >= 11 is 0. The van der Waals surface area contributed by atoms with Crippen LogP contribution in [-0.2, 0) is 19.4 Å². The average Bonchev–Trinajstić information content (AvgIpc) is 2.84. The van der Waals surface area contributed by atoms with Crippen molar-refractivity contribution >= 4 is 21.7 Å². The minimum absolute atomic E-state index is 0.106. The number of carboxylic acids is 1. The first kappa shape index (κ1) is 15.3. The molecule has 2 atom stereocenters. The zero-order valence-corrected chi connectivity index (χ0v) is 12.3. The maximum Gasteiger partial charge on any atom is 0.303 e. The van der Waals surface area contributed by atoms with E-state index in [0.717, 1.165) is 12.8 Å². The van der Waals surface area contributed by atoms with Crippen LogP contribution in [0.25, 0.3) is 0 Å². The Morgan fingerprint density at radius 3 is 2.60 bits per heavy atom. The van der Waals surface area contributed by atoms with E-state index in [9.17, 15) is 18.0 Å². The first-order valence-electron chi connectivity index (χ1n) is 7.12. The van der Waals surface area contributed by atoms with E-state index in [0.29, 0.717) is 32.4 Å². The number of amides is 1. The average molecular weight is 303 g/mol. The van der Waals surface area contributed by atoms with E-state index in [4.69, 9.17) is 5.11 Å². The summed E-state index contributed by atoms with van der Waals surface area (Å²) in [6.45, 7) is 1.05. The summed E-state index contributed by atoms with van der Waals surface area (Å²) in [4.78, 5) is 24.5. The van der Waals surface area contributed by atoms with Gasteiger partial charge in [-0.25, -0.2) is 8.42 Å². The van der Waals surface area contributed by atoms with Crippen LogP contribution < -0.4 is 0 Å². The van der Waals surface area contributed by atoms with Crippen molar-refractivity contribution in [3.8, 4) is 0 Å². The fraction of sp³-hybridized carbons (Fsp3) is 0.846. The van der Waals surface area contributed by atoms with E-state index < -0.39 is 21.1 Å². The number of carbonyl (C=O) groups excluding carboxylic acids is 1. The van der Waals surface area contributed by atoms with E-state index in [1.54, 1.807) is 4.90 Å². The SMILES string of the molecule is O=C(O)CCC1CCN(C(=O)C2CCCCS2(=O)=O)C1. The van der Waals surface area contributed by atoms with Crippen LogP contribution in [0.3, 0.4) is 0 Å². The fourth-order valence-corrected chi connectivity index (χ4v) is 4.90. The summed E-state index contributed by atoms with van der Waals surface area (Å²) in [5, 5.41) is 7.80. The number of hydrogen-bond donors (Lipinski definition) is 1. The number of rotatable bonds is 4. The Kier molecular flexibility index (Phi) is 4.67. The van der Waals surface area contributed by atoms with Crippen LogP contribution in [-0.4, -0.2) is 54.4 Å². The third-order valence-corrected chi connectivity index (χ3v) is 6.38. The van der Waals surface area contributed by atoms with Crippen LogP contribution in [0.4, 0.5) is 0 Å². The molecule has 1 amide bonds. The van der Waals surface area contributed by atoms with Gasteiger partial charge in [0, 0.05) is 19.5 Å². The molecule has 0 aliphatic carbocycles. The van der Waals surface area contributed by atoms with E-state index >= 15 is 0 Å². The van der Waals surface area contributed by atoms with Crippen LogP contribution in [0, 0.1) is 5.92 Å². The summed E-state index contributed by atoms with van der Waals surface area (Å²) in [5.41, 5.74) is 0. The molecule has 6 nitrogen and oxygen atoms in total. The number of likely N-dealkylation sites (tertiary alicyclic amines) is 1. The molecule has 7 heteroatoms. The fourth-order valence-electron chi connectivity index (χ4n) is 3.03. The smallest absolute Gasteiger partial charge is 0.303 e. The lowest BCUT2D eigenvalue weighted by Crippen LogP contribution is -2.44. The van der Waals surface area contributed by atoms with Crippen LogP contribution >= 0.6 is 0 Å². The predicted octanol–water partition coefficient (Wildman–Crippen LogP) is 0.667. The van der Waals surface area contributed by atoms with Gasteiger partial charge >= 0.3 is 5.97 Å². The normalized spacial score (nSPS) is 29.3. The molecule has 20 heavy (non-hydrogen) atoms. The van der Waals surface area contributed by atoms with Crippen LogP contribution in [0.5, 0.6) is 0 Å². The third kappa shape index (κ3) is 3.50. The lowest BCUT2D eigenvalue weighted by atomic mass is 10.0. The molecule has 2 aliphatic rings. The minimum Gasteiger partial charge on any atom is -0.481 e. The Morgan fingerprint density at radius 2 is 1.95 bits per heavy atom. The molecule has 2 aliphatic heterocycles. The molecule has 0 aromatic heterocycles. The van der Waals surface area contributed by atoms with Crippen molar-refractivity contribution in [1.29, 1.82) is 0 Å². The number of carbonyl (C=O) groups is 2. The second kappa shape index (κ2) is 6.11. The molecule has 2 unspecified atom stereocenters. The van der Waals surface area contributed by atoms with Crippen molar-refractivity contribution < 1.29 is 23.1 Å². The molecule has 2 fully saturated rings. The highest BCUT2D eigenvalue weighted by atomic mass is 32.2. The maximum absolute atomic E-state index is 12.3. The van der Waals surface area contributed by atoms with E-state index in [2.05, 4.69) is 0 Å². The maximum atomic E-state index is 12.3. The number of aliphatic carboxylic acids is 1. The van der Waals surface area contributed by atoms with Crippen molar-refractivity contribution in [2.24, 2.45) is 5.92 Å². The molecular weight excluding hydrogens is 282 g/mol. The monoisotopic (exact) mass is 303 g/mol. The number of hydrogen-bond acceptors (Lipinski definition) is 4. The van der Waals surface area contributed by atoms with Crippen molar-refractivity contribution in [2.75, 3.05) is 18.8 Å². The molecule has 0 saturated carbocycles. The first-order chi connectivity index (χ1) is 9.40. The quantitative estimate of drug-likeness (QED) is 0.824. The van der Waals surface area contributed by atoms with Crippen molar-refractivity contribution in [3.63, 3.8) is 0 Å². The first-order valence-corrected chi connectivity index (χ1v) is 8.84. The van der Waals surface area contributed by atoms with Gasteiger partial charge in [-0.2, -0.15) is 0 Å². The highest BCUT2D eigenvalue weighted by Crippen LogP contribution is 2.26. The summed E-state index contributed by atoms with van der Waals surface area (Å²) in [6.07, 6.45) is 3.29. The van der Waals surface area contributed by atoms with Gasteiger partial charge in [-0.15, -0.1) is 0 Å².